The van der Waals surface area contributed by atoms with Crippen molar-refractivity contribution in [2.45, 2.75) is 0 Å². The molecule has 0 saturated heterocycles. The van der Waals surface area contributed by atoms with Gasteiger partial charge in [0.05, 0.1) is 0 Å². The van der Waals surface area contributed by atoms with Gasteiger partial charge in [-0.2, -0.15) is 5.26 Å². The maximum atomic E-state index is 8.16. The van der Waals surface area contributed by atoms with E-state index in [0.29, 0.717) is 0 Å². The lowest BCUT2D eigenvalue weighted by atomic mass is 10.9. The van der Waals surface area contributed by atoms with E-state index >= 15 is 0 Å². The van der Waals surface area contributed by atoms with Crippen LogP contribution in [0.4, 0.5) is 0 Å². The monoisotopic (exact) mass is 129 g/mol. The standard InChI is InChI=1S/C4H7N3S/c1-7(3-5)4(6)8-2/h6H,1-2H3. The normalized spacial score (nSPS) is 7.62. The highest BCUT2D eigenvalue weighted by Crippen LogP contribution is 1.96. The summed E-state index contributed by atoms with van der Waals surface area (Å²) in [6.07, 6.45) is 3.56. The Morgan fingerprint density at radius 3 is 2.50 bits per heavy atom. The first-order valence-corrected chi connectivity index (χ1v) is 3.21. The molecule has 0 unspecified atom stereocenters. The summed E-state index contributed by atoms with van der Waals surface area (Å²) in [5.74, 6) is 0. The Hall–Kier alpha value is -0.690. The molecule has 0 fully saturated rings. The average molecular weight is 129 g/mol. The van der Waals surface area contributed by atoms with Crippen molar-refractivity contribution in [2.75, 3.05) is 13.3 Å². The third kappa shape index (κ3) is 1.85. The van der Waals surface area contributed by atoms with Gasteiger partial charge in [0.1, 0.15) is 0 Å². The molecular formula is C4H7N3S. The number of rotatable bonds is 0. The summed E-state index contributed by atoms with van der Waals surface area (Å²) in [6, 6.07) is 0. The molecule has 0 saturated carbocycles. The number of nitriles is 1. The lowest BCUT2D eigenvalue weighted by Crippen LogP contribution is -2.15. The minimum atomic E-state index is 0.271. The van der Waals surface area contributed by atoms with Crippen molar-refractivity contribution in [2.24, 2.45) is 0 Å². The maximum Gasteiger partial charge on any atom is 0.185 e. The first-order valence-electron chi connectivity index (χ1n) is 1.98. The van der Waals surface area contributed by atoms with Crippen molar-refractivity contribution < 1.29 is 0 Å². The first kappa shape index (κ1) is 7.31. The molecule has 0 atom stereocenters. The van der Waals surface area contributed by atoms with Crippen LogP contribution in [0.3, 0.4) is 0 Å². The fourth-order valence-electron chi connectivity index (χ4n) is 0.182. The molecular weight excluding hydrogens is 122 g/mol. The van der Waals surface area contributed by atoms with Gasteiger partial charge in [-0.3, -0.25) is 10.3 Å². The van der Waals surface area contributed by atoms with Crippen LogP contribution in [0, 0.1) is 16.9 Å². The zero-order valence-corrected chi connectivity index (χ0v) is 5.62. The second-order valence-corrected chi connectivity index (χ2v) is 1.96. The number of hydrogen-bond acceptors (Lipinski definition) is 3. The van der Waals surface area contributed by atoms with E-state index in [1.165, 1.54) is 16.7 Å². The summed E-state index contributed by atoms with van der Waals surface area (Å²) < 4.78 is 0. The fraction of sp³-hybridized carbons (Fsp3) is 0.500. The van der Waals surface area contributed by atoms with Crippen LogP contribution in [0.15, 0.2) is 0 Å². The van der Waals surface area contributed by atoms with Crippen LogP contribution in [-0.2, 0) is 0 Å². The molecule has 0 aliphatic rings. The minimum Gasteiger partial charge on any atom is -0.278 e. The van der Waals surface area contributed by atoms with Gasteiger partial charge in [0.2, 0.25) is 0 Å². The van der Waals surface area contributed by atoms with E-state index in [0.717, 1.165) is 0 Å². The molecule has 0 radical (unpaired) electrons. The van der Waals surface area contributed by atoms with E-state index in [1.807, 2.05) is 0 Å². The van der Waals surface area contributed by atoms with Gasteiger partial charge in [-0.1, -0.05) is 11.8 Å². The van der Waals surface area contributed by atoms with Crippen molar-refractivity contribution in [1.82, 2.24) is 4.90 Å². The van der Waals surface area contributed by atoms with Gasteiger partial charge in [-0.05, 0) is 6.26 Å². The molecule has 0 aromatic heterocycles. The number of nitrogens with one attached hydrogen (secondary N) is 1. The third-order valence-corrected chi connectivity index (χ3v) is 1.31. The van der Waals surface area contributed by atoms with E-state index in [9.17, 15) is 0 Å². The summed E-state index contributed by atoms with van der Waals surface area (Å²) in [7, 11) is 1.55. The fourth-order valence-corrected chi connectivity index (χ4v) is 0.497. The molecule has 3 nitrogen and oxygen atoms in total. The summed E-state index contributed by atoms with van der Waals surface area (Å²) in [5, 5.41) is 15.4. The van der Waals surface area contributed by atoms with Crippen LogP contribution >= 0.6 is 11.8 Å². The van der Waals surface area contributed by atoms with Crippen LogP contribution in [0.5, 0.6) is 0 Å². The molecule has 0 aromatic carbocycles. The van der Waals surface area contributed by atoms with Crippen LogP contribution in [0.25, 0.3) is 0 Å². The molecule has 0 spiro atoms. The van der Waals surface area contributed by atoms with Gasteiger partial charge < -0.3 is 0 Å². The molecule has 8 heavy (non-hydrogen) atoms. The van der Waals surface area contributed by atoms with Crippen molar-refractivity contribution in [3.8, 4) is 6.19 Å². The largest absolute Gasteiger partial charge is 0.278 e. The molecule has 0 amide bonds. The molecule has 0 rings (SSSR count). The first-order chi connectivity index (χ1) is 3.72. The Labute approximate surface area is 52.8 Å². The maximum absolute atomic E-state index is 8.16. The van der Waals surface area contributed by atoms with Crippen molar-refractivity contribution in [3.63, 3.8) is 0 Å². The Balaban J connectivity index is 3.68. The van der Waals surface area contributed by atoms with Gasteiger partial charge in [0.25, 0.3) is 0 Å². The van der Waals surface area contributed by atoms with Crippen LogP contribution in [0.1, 0.15) is 0 Å². The highest BCUT2D eigenvalue weighted by atomic mass is 32.2. The van der Waals surface area contributed by atoms with Crippen molar-refractivity contribution in [1.29, 1.82) is 10.7 Å². The van der Waals surface area contributed by atoms with E-state index in [1.54, 1.807) is 19.5 Å². The lowest BCUT2D eigenvalue weighted by molar-refractivity contribution is 0.721. The summed E-state index contributed by atoms with van der Waals surface area (Å²) in [4.78, 5) is 1.20. The van der Waals surface area contributed by atoms with Gasteiger partial charge >= 0.3 is 0 Å². The van der Waals surface area contributed by atoms with Crippen LogP contribution in [0.2, 0.25) is 0 Å². The highest BCUT2D eigenvalue weighted by Gasteiger charge is 1.96. The minimum absolute atomic E-state index is 0.271. The average Bonchev–Trinajstić information content (AvgIpc) is 1.84. The predicted molar refractivity (Wildman–Crippen MR) is 34.6 cm³/mol. The summed E-state index contributed by atoms with van der Waals surface area (Å²) in [6.45, 7) is 0. The zero-order valence-electron chi connectivity index (χ0n) is 4.80. The van der Waals surface area contributed by atoms with Crippen molar-refractivity contribution in [3.05, 3.63) is 0 Å². The smallest absolute Gasteiger partial charge is 0.185 e. The number of thioether (sulfide) groups is 1. The quantitative estimate of drug-likeness (QED) is 0.227. The summed E-state index contributed by atoms with van der Waals surface area (Å²) >= 11 is 1.24. The Bertz CT molecular complexity index is 126. The SMILES string of the molecule is CSC(=N)N(C)C#N. The molecule has 1 N–H and O–H groups in total. The molecule has 44 valence electrons. The number of nitrogens with zero attached hydrogens (tertiary/aromatic N) is 2. The predicted octanol–water partition coefficient (Wildman–Crippen LogP) is 0.697. The summed E-state index contributed by atoms with van der Waals surface area (Å²) in [5.41, 5.74) is 0. The van der Waals surface area contributed by atoms with Gasteiger partial charge in [0, 0.05) is 7.05 Å². The van der Waals surface area contributed by atoms with E-state index in [4.69, 9.17) is 10.7 Å². The van der Waals surface area contributed by atoms with Gasteiger partial charge in [-0.15, -0.1) is 0 Å². The highest BCUT2D eigenvalue weighted by molar-refractivity contribution is 8.13. The van der Waals surface area contributed by atoms with Gasteiger partial charge in [-0.25, -0.2) is 0 Å². The molecule has 0 aliphatic heterocycles. The van der Waals surface area contributed by atoms with Crippen LogP contribution < -0.4 is 0 Å². The van der Waals surface area contributed by atoms with Gasteiger partial charge in [0.15, 0.2) is 11.4 Å². The molecule has 0 aromatic rings. The Kier molecular flexibility index (Phi) is 3.04. The van der Waals surface area contributed by atoms with E-state index in [-0.39, 0.29) is 5.17 Å². The second-order valence-electron chi connectivity index (χ2n) is 1.17. The zero-order chi connectivity index (χ0) is 6.57. The van der Waals surface area contributed by atoms with Crippen LogP contribution in [-0.4, -0.2) is 23.4 Å². The molecule has 4 heteroatoms. The lowest BCUT2D eigenvalue weighted by Gasteiger charge is -2.04. The van der Waals surface area contributed by atoms with E-state index in [2.05, 4.69) is 0 Å². The Morgan fingerprint density at radius 2 is 2.38 bits per heavy atom. The number of hydrogen-bond donors (Lipinski definition) is 1. The molecule has 0 bridgehead atoms. The molecule has 0 aliphatic carbocycles. The second kappa shape index (κ2) is 3.33. The van der Waals surface area contributed by atoms with Crippen molar-refractivity contribution >= 4 is 16.9 Å². The topological polar surface area (TPSA) is 50.9 Å². The Morgan fingerprint density at radius 1 is 1.88 bits per heavy atom. The number of amidine groups is 1. The van der Waals surface area contributed by atoms with E-state index < -0.39 is 0 Å². The third-order valence-electron chi connectivity index (χ3n) is 0.648. The molecule has 0 heterocycles.